The van der Waals surface area contributed by atoms with Crippen molar-refractivity contribution in [2.24, 2.45) is 27.7 Å². The van der Waals surface area contributed by atoms with Gasteiger partial charge in [0.05, 0.1) is 35.1 Å². The van der Waals surface area contributed by atoms with Crippen LogP contribution in [-0.2, 0) is 15.8 Å². The molecule has 6 rings (SSSR count). The highest BCUT2D eigenvalue weighted by Crippen LogP contribution is 2.38. The number of hydrogen-bond acceptors (Lipinski definition) is 7. The van der Waals surface area contributed by atoms with E-state index in [1.165, 1.54) is 0 Å². The Balaban J connectivity index is 1.27. The number of benzene rings is 1. The van der Waals surface area contributed by atoms with Crippen molar-refractivity contribution in [1.29, 1.82) is 0 Å². The summed E-state index contributed by atoms with van der Waals surface area (Å²) < 4.78 is 39.5. The quantitative estimate of drug-likeness (QED) is 0.312. The molecular weight excluding hydrogens is 561 g/mol. The molecule has 2 aromatic rings. The van der Waals surface area contributed by atoms with E-state index in [0.29, 0.717) is 30.0 Å². The highest BCUT2D eigenvalue weighted by atomic mass is 19.4. The van der Waals surface area contributed by atoms with Crippen LogP contribution in [-0.4, -0.2) is 77.0 Å². The molecule has 2 saturated heterocycles. The molecular formula is C30H32F3N8O2+. The van der Waals surface area contributed by atoms with Gasteiger partial charge >= 0.3 is 6.18 Å². The molecule has 224 valence electrons. The summed E-state index contributed by atoms with van der Waals surface area (Å²) in [6.07, 6.45) is 4.51. The molecule has 0 saturated carbocycles. The molecule has 4 aliphatic rings. The number of alkyl halides is 3. The maximum atomic E-state index is 13.3. The van der Waals surface area contributed by atoms with E-state index in [1.807, 2.05) is 11.9 Å². The van der Waals surface area contributed by atoms with Crippen molar-refractivity contribution in [3.8, 4) is 0 Å². The summed E-state index contributed by atoms with van der Waals surface area (Å²) in [6.45, 7) is 2.98. The second-order valence-corrected chi connectivity index (χ2v) is 11.4. The number of fused-ring (bicyclic) bond motifs is 1. The highest BCUT2D eigenvalue weighted by Gasteiger charge is 2.47. The van der Waals surface area contributed by atoms with Gasteiger partial charge in [0, 0.05) is 31.7 Å². The fourth-order valence-electron chi connectivity index (χ4n) is 6.25. The van der Waals surface area contributed by atoms with Crippen LogP contribution in [0.25, 0.3) is 0 Å². The zero-order chi connectivity index (χ0) is 30.4. The number of carbonyl (C=O) groups excluding carboxylic acids is 2. The Morgan fingerprint density at radius 1 is 1.14 bits per heavy atom. The number of anilines is 2. The first-order chi connectivity index (χ1) is 20.6. The molecule has 0 aliphatic carbocycles. The normalized spacial score (nSPS) is 25.6. The van der Waals surface area contributed by atoms with Gasteiger partial charge in [-0.25, -0.2) is 4.98 Å². The molecule has 5 heterocycles. The fraction of sp³-hybridized carbons (Fsp3) is 0.367. The van der Waals surface area contributed by atoms with E-state index in [4.69, 9.17) is 10.8 Å². The molecule has 1 unspecified atom stereocenters. The van der Waals surface area contributed by atoms with Crippen molar-refractivity contribution in [3.05, 3.63) is 77.5 Å². The topological polar surface area (TPSA) is 107 Å². The number of hydrogen-bond donors (Lipinski definition) is 1. The average molecular weight is 594 g/mol. The van der Waals surface area contributed by atoms with Gasteiger partial charge < -0.3 is 9.80 Å². The molecule has 2 fully saturated rings. The fourth-order valence-corrected chi connectivity index (χ4v) is 6.25. The van der Waals surface area contributed by atoms with Gasteiger partial charge in [0.1, 0.15) is 17.7 Å². The van der Waals surface area contributed by atoms with Gasteiger partial charge in [0.15, 0.2) is 0 Å². The van der Waals surface area contributed by atoms with Crippen molar-refractivity contribution in [1.82, 2.24) is 14.8 Å². The number of rotatable bonds is 6. The summed E-state index contributed by atoms with van der Waals surface area (Å²) >= 11 is 0. The first-order valence-electron chi connectivity index (χ1n) is 14.2. The standard InChI is InChI=1S/C30H32F3N8O2/c1-38-13-9-22(17-38)29(43)39-12-2-3-21(18-39)27-25-16-35-11-14-41(25,34)28(37-27)20-4-6-24(7-5-20)40(19-42)26-15-23(8-10-36-26)30(31,32)33/h4-8,10-11,14-16,19,21-22H,2-3,9,12-13,17-18,34H2,1H3/q+1/t21-,22-,41?/m1/s1. The number of amidine groups is 1. The summed E-state index contributed by atoms with van der Waals surface area (Å²) in [4.78, 5) is 43.7. The number of carbonyl (C=O) groups is 2. The third kappa shape index (κ3) is 5.39. The zero-order valence-corrected chi connectivity index (χ0v) is 23.6. The van der Waals surface area contributed by atoms with Crippen LogP contribution in [0.4, 0.5) is 24.7 Å². The van der Waals surface area contributed by atoms with Crippen molar-refractivity contribution in [2.75, 3.05) is 38.1 Å². The van der Waals surface area contributed by atoms with E-state index in [0.717, 1.165) is 73.5 Å². The average Bonchev–Trinajstić information content (AvgIpc) is 3.58. The van der Waals surface area contributed by atoms with E-state index in [-0.39, 0.29) is 28.2 Å². The van der Waals surface area contributed by atoms with Crippen LogP contribution < -0.4 is 10.7 Å². The summed E-state index contributed by atoms with van der Waals surface area (Å²) in [5.74, 6) is 7.50. The first kappa shape index (κ1) is 28.9. The Morgan fingerprint density at radius 3 is 2.63 bits per heavy atom. The van der Waals surface area contributed by atoms with Crippen LogP contribution in [0.2, 0.25) is 0 Å². The molecule has 1 aromatic carbocycles. The Labute approximate surface area is 246 Å². The molecule has 2 N–H and O–H groups in total. The van der Waals surface area contributed by atoms with E-state index in [2.05, 4.69) is 14.9 Å². The van der Waals surface area contributed by atoms with Gasteiger partial charge in [0.2, 0.25) is 18.0 Å². The third-order valence-corrected chi connectivity index (χ3v) is 8.51. The van der Waals surface area contributed by atoms with Gasteiger partial charge in [-0.2, -0.15) is 24.0 Å². The second kappa shape index (κ2) is 11.1. The second-order valence-electron chi connectivity index (χ2n) is 11.4. The molecule has 0 spiro atoms. The lowest BCUT2D eigenvalue weighted by atomic mass is 9.92. The van der Waals surface area contributed by atoms with Crippen LogP contribution >= 0.6 is 0 Å². The van der Waals surface area contributed by atoms with Gasteiger partial charge in [-0.3, -0.25) is 19.5 Å². The molecule has 13 heteroatoms. The van der Waals surface area contributed by atoms with E-state index in [1.54, 1.807) is 42.9 Å². The molecule has 1 aromatic heterocycles. The van der Waals surface area contributed by atoms with Gasteiger partial charge in [-0.05, 0) is 69.3 Å². The van der Waals surface area contributed by atoms with Crippen molar-refractivity contribution >= 4 is 35.9 Å². The Morgan fingerprint density at radius 2 is 1.93 bits per heavy atom. The number of amides is 2. The van der Waals surface area contributed by atoms with Crippen LogP contribution in [0.5, 0.6) is 0 Å². The third-order valence-electron chi connectivity index (χ3n) is 8.51. The number of aliphatic imine (C=N–C) groups is 2. The number of likely N-dealkylation sites (tertiary alicyclic amines) is 2. The lowest BCUT2D eigenvalue weighted by Crippen LogP contribution is -2.53. The van der Waals surface area contributed by atoms with Gasteiger partial charge in [-0.15, -0.1) is 4.59 Å². The van der Waals surface area contributed by atoms with Gasteiger partial charge in [0.25, 0.3) is 5.84 Å². The van der Waals surface area contributed by atoms with Crippen LogP contribution in [0.15, 0.2) is 76.4 Å². The molecule has 10 nitrogen and oxygen atoms in total. The SMILES string of the molecule is CN1CC[C@@H](C(=O)N2CCC[C@@H](C3=C4C=NC=C[N+]4(N)C(c4ccc(N(C=O)c5cc(C(F)(F)F)ccn5)cc4)=N3)C2)C1. The number of nitrogens with zero attached hydrogens (tertiary/aromatic N) is 7. The Bertz CT molecular complexity index is 1550. The maximum absolute atomic E-state index is 13.3. The molecule has 0 radical (unpaired) electrons. The maximum Gasteiger partial charge on any atom is 0.416 e. The van der Waals surface area contributed by atoms with Crippen LogP contribution in [0.1, 0.15) is 30.4 Å². The molecule has 3 atom stereocenters. The van der Waals surface area contributed by atoms with E-state index < -0.39 is 11.7 Å². The minimum atomic E-state index is -4.57. The van der Waals surface area contributed by atoms with E-state index in [9.17, 15) is 22.8 Å². The Hall–Kier alpha value is -4.20. The van der Waals surface area contributed by atoms with Gasteiger partial charge in [-0.1, -0.05) is 0 Å². The van der Waals surface area contributed by atoms with Crippen molar-refractivity contribution in [3.63, 3.8) is 0 Å². The first-order valence-corrected chi connectivity index (χ1v) is 14.2. The summed E-state index contributed by atoms with van der Waals surface area (Å²) in [7, 11) is 2.04. The molecule has 2 amide bonds. The van der Waals surface area contributed by atoms with Crippen LogP contribution in [0, 0.1) is 11.8 Å². The number of nitrogens with two attached hydrogens (primary N) is 1. The number of quaternary nitrogens is 1. The molecule has 4 aliphatic heterocycles. The monoisotopic (exact) mass is 593 g/mol. The number of piperidine rings is 1. The Kier molecular flexibility index (Phi) is 7.48. The summed E-state index contributed by atoms with van der Waals surface area (Å²) in [5, 5.41) is 0. The van der Waals surface area contributed by atoms with Crippen molar-refractivity contribution in [2.45, 2.75) is 25.4 Å². The predicted molar refractivity (Wildman–Crippen MR) is 154 cm³/mol. The molecule has 43 heavy (non-hydrogen) atoms. The number of halogens is 3. The van der Waals surface area contributed by atoms with Crippen molar-refractivity contribution < 1.29 is 27.4 Å². The van der Waals surface area contributed by atoms with E-state index >= 15 is 0 Å². The highest BCUT2D eigenvalue weighted by molar-refractivity contribution is 6.01. The minimum absolute atomic E-state index is 0.0138. The number of allylic oxidation sites excluding steroid dienone is 1. The largest absolute Gasteiger partial charge is 0.416 e. The zero-order valence-electron chi connectivity index (χ0n) is 23.6. The van der Waals surface area contributed by atoms with Crippen LogP contribution in [0.3, 0.4) is 0 Å². The summed E-state index contributed by atoms with van der Waals surface area (Å²) in [6, 6.07) is 8.34. The predicted octanol–water partition coefficient (Wildman–Crippen LogP) is 3.80. The lowest BCUT2D eigenvalue weighted by Gasteiger charge is -2.34. The molecule has 0 bridgehead atoms. The number of pyridine rings is 1. The minimum Gasteiger partial charge on any atom is -0.342 e. The summed E-state index contributed by atoms with van der Waals surface area (Å²) in [5.41, 5.74) is 1.61. The number of aromatic nitrogens is 1. The smallest absolute Gasteiger partial charge is 0.342 e. The lowest BCUT2D eigenvalue weighted by molar-refractivity contribution is -0.750.